The van der Waals surface area contributed by atoms with Crippen LogP contribution in [0.2, 0.25) is 0 Å². The highest BCUT2D eigenvalue weighted by Crippen LogP contribution is 2.36. The molecule has 0 heterocycles. The molecule has 0 aliphatic rings. The van der Waals surface area contributed by atoms with Gasteiger partial charge in [-0.3, -0.25) is 0 Å². The second kappa shape index (κ2) is 5.29. The lowest BCUT2D eigenvalue weighted by molar-refractivity contribution is 0.355. The molecule has 1 rings (SSSR count). The van der Waals surface area contributed by atoms with E-state index in [0.717, 1.165) is 23.7 Å². The van der Waals surface area contributed by atoms with Crippen molar-refractivity contribution in [3.63, 3.8) is 0 Å². The van der Waals surface area contributed by atoms with Gasteiger partial charge < -0.3 is 14.4 Å². The van der Waals surface area contributed by atoms with Gasteiger partial charge in [0.25, 0.3) is 0 Å². The third-order valence-corrected chi connectivity index (χ3v) is 2.20. The summed E-state index contributed by atoms with van der Waals surface area (Å²) in [6.07, 6.45) is 1.85. The molecular weight excluding hydrogens is 190 g/mol. The molecule has 0 saturated heterocycles. The van der Waals surface area contributed by atoms with Gasteiger partial charge in [-0.2, -0.15) is 0 Å². The third-order valence-electron chi connectivity index (χ3n) is 2.20. The first-order valence-corrected chi connectivity index (χ1v) is 4.77. The van der Waals surface area contributed by atoms with Crippen LogP contribution in [0.3, 0.4) is 0 Å². The van der Waals surface area contributed by atoms with Crippen LogP contribution in [-0.2, 0) is 0 Å². The number of para-hydroxylation sites is 1. The number of ether oxygens (including phenoxy) is 2. The van der Waals surface area contributed by atoms with Gasteiger partial charge in [0, 0.05) is 13.6 Å². The zero-order chi connectivity index (χ0) is 11.3. The van der Waals surface area contributed by atoms with Gasteiger partial charge in [-0.05, 0) is 12.1 Å². The van der Waals surface area contributed by atoms with Crippen molar-refractivity contribution in [1.82, 2.24) is 0 Å². The van der Waals surface area contributed by atoms with Gasteiger partial charge in [0.15, 0.2) is 11.5 Å². The number of rotatable bonds is 5. The van der Waals surface area contributed by atoms with E-state index < -0.39 is 0 Å². The molecule has 0 fully saturated rings. The lowest BCUT2D eigenvalue weighted by Crippen LogP contribution is -2.17. The standard InChI is InChI=1S/C12H17NO2/c1-5-9-13(2)10-7-6-8-11(14-3)12(10)15-4/h5-8H,1,9H2,2-4H3. The van der Waals surface area contributed by atoms with Gasteiger partial charge in [0.1, 0.15) is 0 Å². The zero-order valence-corrected chi connectivity index (χ0v) is 9.49. The SMILES string of the molecule is C=CCN(C)c1cccc(OC)c1OC. The second-order valence-corrected chi connectivity index (χ2v) is 3.18. The van der Waals surface area contributed by atoms with E-state index in [4.69, 9.17) is 9.47 Å². The van der Waals surface area contributed by atoms with Crippen LogP contribution in [0.25, 0.3) is 0 Å². The number of nitrogens with zero attached hydrogens (tertiary/aromatic N) is 1. The highest BCUT2D eigenvalue weighted by atomic mass is 16.5. The Morgan fingerprint density at radius 1 is 1.33 bits per heavy atom. The van der Waals surface area contributed by atoms with E-state index in [1.54, 1.807) is 14.2 Å². The average Bonchev–Trinajstić information content (AvgIpc) is 2.28. The molecule has 0 atom stereocenters. The largest absolute Gasteiger partial charge is 0.493 e. The smallest absolute Gasteiger partial charge is 0.184 e. The van der Waals surface area contributed by atoms with Gasteiger partial charge in [0.05, 0.1) is 19.9 Å². The van der Waals surface area contributed by atoms with Crippen LogP contribution in [0.4, 0.5) is 5.69 Å². The highest BCUT2D eigenvalue weighted by Gasteiger charge is 2.11. The first-order chi connectivity index (χ1) is 7.24. The minimum Gasteiger partial charge on any atom is -0.493 e. The molecule has 0 saturated carbocycles. The predicted octanol–water partition coefficient (Wildman–Crippen LogP) is 2.33. The Bertz CT molecular complexity index is 336. The van der Waals surface area contributed by atoms with Crippen LogP contribution in [0, 0.1) is 0 Å². The van der Waals surface area contributed by atoms with Crippen LogP contribution in [-0.4, -0.2) is 27.8 Å². The maximum Gasteiger partial charge on any atom is 0.184 e. The van der Waals surface area contributed by atoms with Crippen molar-refractivity contribution >= 4 is 5.69 Å². The number of methoxy groups -OCH3 is 2. The molecule has 0 aromatic heterocycles. The Morgan fingerprint density at radius 2 is 2.07 bits per heavy atom. The van der Waals surface area contributed by atoms with Crippen molar-refractivity contribution in [3.8, 4) is 11.5 Å². The number of hydrogen-bond donors (Lipinski definition) is 0. The molecule has 0 N–H and O–H groups in total. The van der Waals surface area contributed by atoms with E-state index in [0.29, 0.717) is 0 Å². The molecular formula is C12H17NO2. The summed E-state index contributed by atoms with van der Waals surface area (Å²) in [5.74, 6) is 1.50. The summed E-state index contributed by atoms with van der Waals surface area (Å²) in [6.45, 7) is 4.48. The molecule has 0 bridgehead atoms. The summed E-state index contributed by atoms with van der Waals surface area (Å²) in [5, 5.41) is 0. The van der Waals surface area contributed by atoms with Crippen molar-refractivity contribution in [3.05, 3.63) is 30.9 Å². The zero-order valence-electron chi connectivity index (χ0n) is 9.49. The van der Waals surface area contributed by atoms with E-state index >= 15 is 0 Å². The summed E-state index contributed by atoms with van der Waals surface area (Å²) >= 11 is 0. The second-order valence-electron chi connectivity index (χ2n) is 3.18. The van der Waals surface area contributed by atoms with Gasteiger partial charge in [-0.15, -0.1) is 6.58 Å². The molecule has 0 unspecified atom stereocenters. The molecule has 0 spiro atoms. The number of anilines is 1. The molecule has 15 heavy (non-hydrogen) atoms. The predicted molar refractivity (Wildman–Crippen MR) is 63.0 cm³/mol. The lowest BCUT2D eigenvalue weighted by atomic mass is 10.2. The number of hydrogen-bond acceptors (Lipinski definition) is 3. The molecule has 0 amide bonds. The quantitative estimate of drug-likeness (QED) is 0.692. The van der Waals surface area contributed by atoms with Gasteiger partial charge in [0.2, 0.25) is 0 Å². The molecule has 1 aromatic rings. The molecule has 0 aliphatic carbocycles. The fourth-order valence-corrected chi connectivity index (χ4v) is 1.46. The minimum absolute atomic E-state index is 0.742. The normalized spacial score (nSPS) is 9.53. The van der Waals surface area contributed by atoms with E-state index in [2.05, 4.69) is 6.58 Å². The lowest BCUT2D eigenvalue weighted by Gasteiger charge is -2.21. The topological polar surface area (TPSA) is 21.7 Å². The molecule has 3 heteroatoms. The van der Waals surface area contributed by atoms with E-state index in [1.807, 2.05) is 36.2 Å². The van der Waals surface area contributed by atoms with E-state index in [9.17, 15) is 0 Å². The summed E-state index contributed by atoms with van der Waals surface area (Å²) in [7, 11) is 5.26. The monoisotopic (exact) mass is 207 g/mol. The summed E-state index contributed by atoms with van der Waals surface area (Å²) < 4.78 is 10.6. The minimum atomic E-state index is 0.742. The Balaban J connectivity index is 3.10. The Kier molecular flexibility index (Phi) is 4.03. The first kappa shape index (κ1) is 11.4. The molecule has 0 aliphatic heterocycles. The van der Waals surface area contributed by atoms with Crippen molar-refractivity contribution in [2.45, 2.75) is 0 Å². The van der Waals surface area contributed by atoms with Gasteiger partial charge >= 0.3 is 0 Å². The average molecular weight is 207 g/mol. The Morgan fingerprint density at radius 3 is 2.60 bits per heavy atom. The van der Waals surface area contributed by atoms with E-state index in [-0.39, 0.29) is 0 Å². The summed E-state index contributed by atoms with van der Waals surface area (Å²) in [4.78, 5) is 2.05. The Hall–Kier alpha value is -1.64. The first-order valence-electron chi connectivity index (χ1n) is 4.77. The molecule has 0 radical (unpaired) electrons. The molecule has 3 nitrogen and oxygen atoms in total. The van der Waals surface area contributed by atoms with Crippen LogP contribution in [0.5, 0.6) is 11.5 Å². The third kappa shape index (κ3) is 2.43. The van der Waals surface area contributed by atoms with Crippen LogP contribution < -0.4 is 14.4 Å². The maximum atomic E-state index is 5.33. The fourth-order valence-electron chi connectivity index (χ4n) is 1.46. The maximum absolute atomic E-state index is 5.33. The molecule has 82 valence electrons. The number of likely N-dealkylation sites (N-methyl/N-ethyl adjacent to an activating group) is 1. The summed E-state index contributed by atoms with van der Waals surface area (Å²) in [5.41, 5.74) is 0.997. The van der Waals surface area contributed by atoms with Gasteiger partial charge in [-0.1, -0.05) is 12.1 Å². The van der Waals surface area contributed by atoms with Gasteiger partial charge in [-0.25, -0.2) is 0 Å². The highest BCUT2D eigenvalue weighted by molar-refractivity contribution is 5.64. The summed E-state index contributed by atoms with van der Waals surface area (Å²) in [6, 6.07) is 5.81. The van der Waals surface area contributed by atoms with Crippen molar-refractivity contribution in [1.29, 1.82) is 0 Å². The van der Waals surface area contributed by atoms with E-state index in [1.165, 1.54) is 0 Å². The van der Waals surface area contributed by atoms with Crippen molar-refractivity contribution < 1.29 is 9.47 Å². The number of benzene rings is 1. The fraction of sp³-hybridized carbons (Fsp3) is 0.333. The molecule has 1 aromatic carbocycles. The van der Waals surface area contributed by atoms with Crippen molar-refractivity contribution in [2.24, 2.45) is 0 Å². The van der Waals surface area contributed by atoms with Crippen LogP contribution in [0.15, 0.2) is 30.9 Å². The van der Waals surface area contributed by atoms with Crippen LogP contribution in [0.1, 0.15) is 0 Å². The Labute approximate surface area is 90.9 Å². The van der Waals surface area contributed by atoms with Crippen LogP contribution >= 0.6 is 0 Å². The van der Waals surface area contributed by atoms with Crippen molar-refractivity contribution in [2.75, 3.05) is 32.7 Å².